The number of hydrogen-bond acceptors (Lipinski definition) is 3. The first-order valence-electron chi connectivity index (χ1n) is 5.00. The van der Waals surface area contributed by atoms with Gasteiger partial charge in [0.05, 0.1) is 11.0 Å². The maximum absolute atomic E-state index is 10.3. The number of hydrogen-bond donors (Lipinski definition) is 0. The van der Waals surface area contributed by atoms with Crippen LogP contribution in [0.4, 0.5) is 0 Å². The van der Waals surface area contributed by atoms with Crippen molar-refractivity contribution in [3.63, 3.8) is 0 Å². The van der Waals surface area contributed by atoms with Crippen molar-refractivity contribution in [3.8, 4) is 11.3 Å². The number of carbonyl (C=O) groups is 1. The Morgan fingerprint density at radius 2 is 2.00 bits per heavy atom. The average Bonchev–Trinajstić information content (AvgIpc) is 2.78. The third kappa shape index (κ3) is 2.94. The van der Waals surface area contributed by atoms with Crippen LogP contribution in [-0.4, -0.2) is 5.97 Å². The van der Waals surface area contributed by atoms with E-state index in [1.165, 1.54) is 6.08 Å². The zero-order valence-corrected chi connectivity index (χ0v) is 10.5. The highest BCUT2D eigenvalue weighted by molar-refractivity contribution is 6.35. The van der Waals surface area contributed by atoms with E-state index in [-0.39, 0.29) is 0 Å². The van der Waals surface area contributed by atoms with E-state index >= 15 is 0 Å². The molecule has 0 fully saturated rings. The molecule has 0 aliphatic carbocycles. The van der Waals surface area contributed by atoms with Gasteiger partial charge < -0.3 is 14.3 Å². The van der Waals surface area contributed by atoms with E-state index in [0.29, 0.717) is 27.1 Å². The van der Waals surface area contributed by atoms with E-state index in [4.69, 9.17) is 27.6 Å². The van der Waals surface area contributed by atoms with Crippen molar-refractivity contribution in [1.82, 2.24) is 0 Å². The predicted octanol–water partition coefficient (Wildman–Crippen LogP) is 3.02. The van der Waals surface area contributed by atoms with Crippen molar-refractivity contribution < 1.29 is 14.3 Å². The summed E-state index contributed by atoms with van der Waals surface area (Å²) in [6.07, 6.45) is 2.19. The first kappa shape index (κ1) is 12.7. The molecule has 5 heteroatoms. The topological polar surface area (TPSA) is 53.3 Å². The maximum Gasteiger partial charge on any atom is 0.136 e. The van der Waals surface area contributed by atoms with Gasteiger partial charge in [0.15, 0.2) is 0 Å². The number of furan rings is 1. The number of carboxylic acids is 1. The van der Waals surface area contributed by atoms with Gasteiger partial charge in [-0.3, -0.25) is 0 Å². The summed E-state index contributed by atoms with van der Waals surface area (Å²) in [6.45, 7) is 0. The van der Waals surface area contributed by atoms with Gasteiger partial charge in [0, 0.05) is 10.6 Å². The summed E-state index contributed by atoms with van der Waals surface area (Å²) in [6, 6.07) is 8.33. The van der Waals surface area contributed by atoms with Crippen LogP contribution >= 0.6 is 23.2 Å². The van der Waals surface area contributed by atoms with Gasteiger partial charge in [-0.25, -0.2) is 0 Å². The predicted molar refractivity (Wildman–Crippen MR) is 68.2 cm³/mol. The Labute approximate surface area is 113 Å². The van der Waals surface area contributed by atoms with E-state index in [1.807, 2.05) is 0 Å². The molecule has 0 N–H and O–H groups in total. The molecular weight excluding hydrogens is 275 g/mol. The smallest absolute Gasteiger partial charge is 0.136 e. The zero-order chi connectivity index (χ0) is 13.1. The van der Waals surface area contributed by atoms with Crippen LogP contribution in [0.1, 0.15) is 5.76 Å². The van der Waals surface area contributed by atoms with Gasteiger partial charge in [0.1, 0.15) is 11.5 Å². The Bertz CT molecular complexity index is 614. The van der Waals surface area contributed by atoms with Gasteiger partial charge in [-0.2, -0.15) is 0 Å². The van der Waals surface area contributed by atoms with Gasteiger partial charge in [-0.05, 0) is 42.5 Å². The molecule has 2 rings (SSSR count). The van der Waals surface area contributed by atoms with Crippen LogP contribution in [-0.2, 0) is 4.79 Å². The summed E-state index contributed by atoms with van der Waals surface area (Å²) in [7, 11) is 0. The Kier molecular flexibility index (Phi) is 3.75. The minimum Gasteiger partial charge on any atom is -0.545 e. The lowest BCUT2D eigenvalue weighted by Gasteiger charge is -2.01. The van der Waals surface area contributed by atoms with Crippen LogP contribution in [0.5, 0.6) is 0 Å². The Morgan fingerprint density at radius 1 is 1.22 bits per heavy atom. The number of carboxylic acid groups (broad SMARTS) is 1. The Balaban J connectivity index is 2.35. The molecule has 0 radical (unpaired) electrons. The molecule has 18 heavy (non-hydrogen) atoms. The summed E-state index contributed by atoms with van der Waals surface area (Å²) in [4.78, 5) is 10.3. The van der Waals surface area contributed by atoms with E-state index in [2.05, 4.69) is 0 Å². The largest absolute Gasteiger partial charge is 0.545 e. The fourth-order valence-corrected chi connectivity index (χ4v) is 1.81. The minimum atomic E-state index is -1.28. The van der Waals surface area contributed by atoms with Crippen molar-refractivity contribution >= 4 is 35.2 Å². The fraction of sp³-hybridized carbons (Fsp3) is 0. The molecule has 2 aromatic rings. The van der Waals surface area contributed by atoms with E-state index in [1.54, 1.807) is 30.3 Å². The van der Waals surface area contributed by atoms with Crippen molar-refractivity contribution in [3.05, 3.63) is 52.2 Å². The van der Waals surface area contributed by atoms with Crippen molar-refractivity contribution in [2.24, 2.45) is 0 Å². The van der Waals surface area contributed by atoms with Crippen LogP contribution < -0.4 is 5.11 Å². The summed E-state index contributed by atoms with van der Waals surface area (Å²) < 4.78 is 5.43. The molecule has 1 aromatic heterocycles. The molecule has 0 unspecified atom stereocenters. The normalized spacial score (nSPS) is 11.0. The molecule has 0 saturated carbocycles. The third-order valence-corrected chi connectivity index (χ3v) is 2.77. The third-order valence-electron chi connectivity index (χ3n) is 2.20. The van der Waals surface area contributed by atoms with Gasteiger partial charge in [0.2, 0.25) is 0 Å². The highest BCUT2D eigenvalue weighted by Gasteiger charge is 2.08. The molecule has 3 nitrogen and oxygen atoms in total. The highest BCUT2D eigenvalue weighted by atomic mass is 35.5. The second-order valence-corrected chi connectivity index (χ2v) is 4.32. The number of rotatable bonds is 3. The zero-order valence-electron chi connectivity index (χ0n) is 9.02. The SMILES string of the molecule is O=C([O-])C=Cc1ccc(-c2cc(Cl)ccc2Cl)o1. The first-order chi connectivity index (χ1) is 8.56. The second-order valence-electron chi connectivity index (χ2n) is 3.48. The van der Waals surface area contributed by atoms with Crippen LogP contribution in [0.15, 0.2) is 40.8 Å². The highest BCUT2D eigenvalue weighted by Crippen LogP contribution is 2.31. The lowest BCUT2D eigenvalue weighted by Crippen LogP contribution is -2.18. The van der Waals surface area contributed by atoms with Crippen LogP contribution in [0.25, 0.3) is 17.4 Å². The van der Waals surface area contributed by atoms with Crippen LogP contribution in [0.3, 0.4) is 0 Å². The van der Waals surface area contributed by atoms with Gasteiger partial charge in [0.25, 0.3) is 0 Å². The second kappa shape index (κ2) is 5.29. The minimum absolute atomic E-state index is 0.394. The lowest BCUT2D eigenvalue weighted by atomic mass is 10.2. The average molecular weight is 282 g/mol. The molecular formula is C13H7Cl2O3-. The summed E-state index contributed by atoms with van der Waals surface area (Å²) in [5.41, 5.74) is 0.650. The van der Waals surface area contributed by atoms with E-state index in [0.717, 1.165) is 6.08 Å². The van der Waals surface area contributed by atoms with Gasteiger partial charge in [-0.1, -0.05) is 23.2 Å². The number of benzene rings is 1. The maximum atomic E-state index is 10.3. The monoisotopic (exact) mass is 281 g/mol. The molecule has 0 aliphatic heterocycles. The molecule has 0 amide bonds. The number of halogens is 2. The van der Waals surface area contributed by atoms with Crippen LogP contribution in [0, 0.1) is 0 Å². The van der Waals surface area contributed by atoms with Gasteiger partial charge >= 0.3 is 0 Å². The van der Waals surface area contributed by atoms with E-state index < -0.39 is 5.97 Å². The summed E-state index contributed by atoms with van der Waals surface area (Å²) in [5, 5.41) is 11.3. The summed E-state index contributed by atoms with van der Waals surface area (Å²) in [5.74, 6) is -0.375. The summed E-state index contributed by atoms with van der Waals surface area (Å²) >= 11 is 11.9. The molecule has 0 saturated heterocycles. The molecule has 0 atom stereocenters. The molecule has 0 spiro atoms. The first-order valence-corrected chi connectivity index (χ1v) is 5.76. The van der Waals surface area contributed by atoms with Crippen molar-refractivity contribution in [2.75, 3.05) is 0 Å². The van der Waals surface area contributed by atoms with Gasteiger partial charge in [-0.15, -0.1) is 0 Å². The fourth-order valence-electron chi connectivity index (χ4n) is 1.42. The Hall–Kier alpha value is -1.71. The van der Waals surface area contributed by atoms with Crippen molar-refractivity contribution in [2.45, 2.75) is 0 Å². The lowest BCUT2D eigenvalue weighted by molar-refractivity contribution is -0.297. The van der Waals surface area contributed by atoms with Crippen LogP contribution in [0.2, 0.25) is 10.0 Å². The standard InChI is InChI=1S/C13H8Cl2O3/c14-8-1-4-11(15)10(7-8)12-5-2-9(18-12)3-6-13(16)17/h1-7H,(H,16,17)/p-1. The number of aliphatic carboxylic acids is 1. The molecule has 1 heterocycles. The quantitative estimate of drug-likeness (QED) is 0.813. The molecule has 92 valence electrons. The number of carbonyl (C=O) groups excluding carboxylic acids is 1. The van der Waals surface area contributed by atoms with E-state index in [9.17, 15) is 9.90 Å². The molecule has 0 bridgehead atoms. The molecule has 1 aromatic carbocycles. The molecule has 0 aliphatic rings. The van der Waals surface area contributed by atoms with Crippen molar-refractivity contribution in [1.29, 1.82) is 0 Å². The Morgan fingerprint density at radius 3 is 2.72 bits per heavy atom.